The van der Waals surface area contributed by atoms with E-state index in [4.69, 9.17) is 11.3 Å². The minimum atomic E-state index is -2.23. The summed E-state index contributed by atoms with van der Waals surface area (Å²) in [6.45, 7) is 3.80. The number of nitrogens with zero attached hydrogens (tertiary/aromatic N) is 2. The van der Waals surface area contributed by atoms with E-state index in [1.807, 2.05) is 60.8 Å². The largest absolute Gasteiger partial charge is 0.501 e. The van der Waals surface area contributed by atoms with E-state index >= 15 is 0 Å². The van der Waals surface area contributed by atoms with E-state index in [1.165, 1.54) is 23.0 Å². The summed E-state index contributed by atoms with van der Waals surface area (Å²) in [7, 11) is -1.30. The molecule has 0 aliphatic rings. The molecule has 0 fully saturated rings. The number of benzene rings is 5. The molecule has 8 rings (SSSR count). The smallest absolute Gasteiger partial charge is 0.120 e. The van der Waals surface area contributed by atoms with Crippen LogP contribution in [0.25, 0.3) is 66.7 Å². The van der Waals surface area contributed by atoms with Gasteiger partial charge < -0.3 is 14.4 Å². The predicted molar refractivity (Wildman–Crippen MR) is 208 cm³/mol. The van der Waals surface area contributed by atoms with Crippen molar-refractivity contribution in [1.82, 2.24) is 9.97 Å². The zero-order chi connectivity index (χ0) is 38.0. The normalized spacial score (nSPS) is 12.9. The SMILES string of the molecule is C[Si](C)(C)c1ccc(-c2ccnc(-c3[c-]ccc4c3oc3ccccc34)c2)cc1.[2H]C([2H])c1ccc(-c2[c-]cc(C([2H])([2H])[2H])c(-c3ccccc3)c2)nc1.[Ir]. The Morgan fingerprint density at radius 3 is 2.24 bits per heavy atom. The molecule has 50 heavy (non-hydrogen) atoms. The molecule has 5 heteroatoms. The molecule has 0 aliphatic carbocycles. The van der Waals surface area contributed by atoms with Crippen LogP contribution in [0.4, 0.5) is 0 Å². The van der Waals surface area contributed by atoms with Crippen molar-refractivity contribution in [3.05, 3.63) is 163 Å². The Morgan fingerprint density at radius 2 is 1.50 bits per heavy atom. The zero-order valence-corrected chi connectivity index (χ0v) is 31.4. The van der Waals surface area contributed by atoms with Gasteiger partial charge in [0.15, 0.2) is 0 Å². The molecule has 1 radical (unpaired) electrons. The number of pyridine rings is 2. The molecule has 3 heterocycles. The van der Waals surface area contributed by atoms with Crippen LogP contribution in [-0.4, -0.2) is 18.0 Å². The van der Waals surface area contributed by atoms with E-state index in [9.17, 15) is 0 Å². The molecule has 249 valence electrons. The van der Waals surface area contributed by atoms with Crippen LogP contribution in [-0.2, 0) is 20.1 Å². The summed E-state index contributed by atoms with van der Waals surface area (Å²) < 4.78 is 44.3. The van der Waals surface area contributed by atoms with Gasteiger partial charge in [-0.3, -0.25) is 0 Å². The van der Waals surface area contributed by atoms with Crippen molar-refractivity contribution in [2.75, 3.05) is 0 Å². The summed E-state index contributed by atoms with van der Waals surface area (Å²) >= 11 is 0. The van der Waals surface area contributed by atoms with E-state index in [0.29, 0.717) is 22.4 Å². The number of fused-ring (bicyclic) bond motifs is 3. The second-order valence-electron chi connectivity index (χ2n) is 13.0. The van der Waals surface area contributed by atoms with E-state index in [1.54, 1.807) is 18.2 Å². The van der Waals surface area contributed by atoms with E-state index < -0.39 is 21.8 Å². The summed E-state index contributed by atoms with van der Waals surface area (Å²) in [4.78, 5) is 8.91. The Kier molecular flexibility index (Phi) is 8.60. The van der Waals surface area contributed by atoms with Crippen molar-refractivity contribution >= 4 is 35.2 Å². The van der Waals surface area contributed by atoms with E-state index in [2.05, 4.69) is 90.3 Å². The quantitative estimate of drug-likeness (QED) is 0.128. The maximum Gasteiger partial charge on any atom is 0.120 e. The molecule has 0 aliphatic heterocycles. The third kappa shape index (κ3) is 7.46. The second kappa shape index (κ2) is 14.9. The molecule has 0 unspecified atom stereocenters. The summed E-state index contributed by atoms with van der Waals surface area (Å²) in [5.41, 5.74) is 9.35. The van der Waals surface area contributed by atoms with Crippen molar-refractivity contribution in [2.45, 2.75) is 33.4 Å². The Bertz CT molecular complexity index is 2550. The molecule has 3 aromatic heterocycles. The molecular formula is C45H38IrN2OSi-2. The van der Waals surface area contributed by atoms with Gasteiger partial charge in [-0.05, 0) is 52.7 Å². The first-order valence-electron chi connectivity index (χ1n) is 18.8. The average molecular weight is 848 g/mol. The van der Waals surface area contributed by atoms with Gasteiger partial charge in [0.2, 0.25) is 0 Å². The van der Waals surface area contributed by atoms with Crippen LogP contribution in [0.5, 0.6) is 0 Å². The Balaban J connectivity index is 0.000000186. The number of hydrogen-bond acceptors (Lipinski definition) is 3. The van der Waals surface area contributed by atoms with E-state index in [0.717, 1.165) is 44.3 Å². The number of aryl methyl sites for hydroxylation is 2. The zero-order valence-electron chi connectivity index (χ0n) is 33.0. The Hall–Kier alpha value is -4.93. The standard InChI is InChI=1S/C26H22NOSi.C19H16N.Ir/c1-29(2,3)20-13-11-18(12-14-20)19-15-16-27-24(17-19)23-9-6-8-22-21-7-4-5-10-25(21)28-26(22)23;1-14-8-11-19(20-13-14)17-10-9-15(2)18(12-17)16-6-4-3-5-7-16;/h4-8,10-17H,1-3H3;3-9,11-13H,1-2H3;/q2*-1;/i;1D2,2D3;. The van der Waals surface area contributed by atoms with Crippen molar-refractivity contribution in [2.24, 2.45) is 0 Å². The third-order valence-corrected chi connectivity index (χ3v) is 10.6. The van der Waals surface area contributed by atoms with Gasteiger partial charge in [0.1, 0.15) is 5.58 Å². The van der Waals surface area contributed by atoms with Gasteiger partial charge in [-0.15, -0.1) is 47.5 Å². The number of para-hydroxylation sites is 1. The third-order valence-electron chi connectivity index (χ3n) is 8.54. The summed E-state index contributed by atoms with van der Waals surface area (Å²) in [6.07, 6.45) is 3.36. The number of aromatic nitrogens is 2. The van der Waals surface area contributed by atoms with Crippen molar-refractivity contribution in [1.29, 1.82) is 0 Å². The van der Waals surface area contributed by atoms with Gasteiger partial charge in [-0.25, -0.2) is 0 Å². The molecule has 0 atom stereocenters. The Labute approximate surface area is 316 Å². The summed E-state index contributed by atoms with van der Waals surface area (Å²) in [5.74, 6) is 0. The van der Waals surface area contributed by atoms with Gasteiger partial charge >= 0.3 is 0 Å². The minimum absolute atomic E-state index is 0. The van der Waals surface area contributed by atoms with Gasteiger partial charge in [-0.1, -0.05) is 139 Å². The van der Waals surface area contributed by atoms with Gasteiger partial charge in [0.25, 0.3) is 0 Å². The molecule has 0 amide bonds. The van der Waals surface area contributed by atoms with E-state index in [-0.39, 0.29) is 25.7 Å². The monoisotopic (exact) mass is 848 g/mol. The first-order valence-corrected chi connectivity index (χ1v) is 19.7. The summed E-state index contributed by atoms with van der Waals surface area (Å²) in [5, 5.41) is 3.69. The molecule has 0 saturated heterocycles. The van der Waals surface area contributed by atoms with Crippen LogP contribution >= 0.6 is 0 Å². The number of furan rings is 1. The maximum absolute atomic E-state index is 7.77. The fourth-order valence-corrected chi connectivity index (χ4v) is 7.02. The predicted octanol–water partition coefficient (Wildman–Crippen LogP) is 11.5. The van der Waals surface area contributed by atoms with Crippen LogP contribution in [0.3, 0.4) is 0 Å². The fourth-order valence-electron chi connectivity index (χ4n) is 5.85. The molecule has 0 bridgehead atoms. The van der Waals surface area contributed by atoms with Crippen LogP contribution < -0.4 is 5.19 Å². The maximum atomic E-state index is 7.77. The van der Waals surface area contributed by atoms with Crippen LogP contribution in [0.1, 0.15) is 18.0 Å². The van der Waals surface area contributed by atoms with Gasteiger partial charge in [-0.2, -0.15) is 0 Å². The molecular weight excluding hydrogens is 805 g/mol. The van der Waals surface area contributed by atoms with Gasteiger partial charge in [0, 0.05) is 44.7 Å². The Morgan fingerprint density at radius 1 is 0.700 bits per heavy atom. The average Bonchev–Trinajstić information content (AvgIpc) is 3.57. The van der Waals surface area contributed by atoms with Gasteiger partial charge in [0.05, 0.1) is 13.7 Å². The van der Waals surface area contributed by atoms with Crippen LogP contribution in [0.15, 0.2) is 144 Å². The molecule has 3 nitrogen and oxygen atoms in total. The van der Waals surface area contributed by atoms with Crippen molar-refractivity contribution < 1.29 is 31.4 Å². The first kappa shape index (κ1) is 28.9. The van der Waals surface area contributed by atoms with Crippen LogP contribution in [0.2, 0.25) is 19.6 Å². The molecule has 8 aromatic rings. The molecule has 0 saturated carbocycles. The molecule has 0 N–H and O–H groups in total. The second-order valence-corrected chi connectivity index (χ2v) is 18.0. The number of hydrogen-bond donors (Lipinski definition) is 0. The van der Waals surface area contributed by atoms with Crippen molar-refractivity contribution in [3.63, 3.8) is 0 Å². The minimum Gasteiger partial charge on any atom is -0.501 e. The van der Waals surface area contributed by atoms with Crippen LogP contribution in [0, 0.1) is 25.9 Å². The first-order chi connectivity index (χ1) is 25.9. The number of rotatable bonds is 5. The fraction of sp³-hybridized carbons (Fsp3) is 0.111. The van der Waals surface area contributed by atoms with Crippen molar-refractivity contribution in [3.8, 4) is 44.8 Å². The molecule has 5 aromatic carbocycles. The summed E-state index contributed by atoms with van der Waals surface area (Å²) in [6, 6.07) is 47.7. The topological polar surface area (TPSA) is 38.9 Å². The molecule has 0 spiro atoms.